The zero-order chi connectivity index (χ0) is 21.8. The zero-order valence-corrected chi connectivity index (χ0v) is 18.6. The van der Waals surface area contributed by atoms with Crippen molar-refractivity contribution in [2.24, 2.45) is 5.92 Å². The van der Waals surface area contributed by atoms with Gasteiger partial charge in [0.2, 0.25) is 0 Å². The molecule has 166 valence electrons. The van der Waals surface area contributed by atoms with E-state index in [0.717, 1.165) is 24.3 Å². The number of Topliss-reactive ketones (excluding diaryl/α,β-unsaturated/α-hetero) is 1. The first kappa shape index (κ1) is 21.6. The lowest BCUT2D eigenvalue weighted by atomic mass is 10.0. The highest BCUT2D eigenvalue weighted by Crippen LogP contribution is 2.31. The van der Waals surface area contributed by atoms with Gasteiger partial charge in [0.15, 0.2) is 5.78 Å². The predicted molar refractivity (Wildman–Crippen MR) is 122 cm³/mol. The van der Waals surface area contributed by atoms with Crippen molar-refractivity contribution in [3.63, 3.8) is 0 Å². The molecule has 2 N–H and O–H groups in total. The van der Waals surface area contributed by atoms with Gasteiger partial charge >= 0.3 is 6.01 Å². The molecule has 1 aromatic carbocycles. The number of hydrogen-bond acceptors (Lipinski definition) is 7. The Balaban J connectivity index is 1.52. The molecular weight excluding hydrogens is 390 g/mol. The molecule has 0 saturated carbocycles. The van der Waals surface area contributed by atoms with Crippen LogP contribution in [0.5, 0.6) is 6.01 Å². The molecule has 0 radical (unpaired) electrons. The van der Waals surface area contributed by atoms with Crippen LogP contribution in [0.1, 0.15) is 49.8 Å². The number of nitrogens with two attached hydrogens (primary N) is 1. The molecule has 7 nitrogen and oxygen atoms in total. The summed E-state index contributed by atoms with van der Waals surface area (Å²) >= 11 is 0. The molecule has 0 amide bonds. The van der Waals surface area contributed by atoms with Crippen molar-refractivity contribution in [1.29, 1.82) is 0 Å². The number of nitrogen functional groups attached to an aromatic ring is 1. The Morgan fingerprint density at radius 1 is 1.13 bits per heavy atom. The first-order chi connectivity index (χ1) is 15.0. The van der Waals surface area contributed by atoms with Gasteiger partial charge in [-0.05, 0) is 49.4 Å². The summed E-state index contributed by atoms with van der Waals surface area (Å²) in [5.74, 6) is 1.73. The van der Waals surface area contributed by atoms with Gasteiger partial charge in [0.05, 0.1) is 13.2 Å². The second-order valence-electron chi connectivity index (χ2n) is 9.10. The zero-order valence-electron chi connectivity index (χ0n) is 18.6. The minimum atomic E-state index is 0.129. The molecule has 1 fully saturated rings. The molecule has 0 aliphatic carbocycles. The summed E-state index contributed by atoms with van der Waals surface area (Å²) in [7, 11) is 0. The van der Waals surface area contributed by atoms with E-state index in [1.54, 1.807) is 0 Å². The largest absolute Gasteiger partial charge is 0.463 e. The Morgan fingerprint density at radius 3 is 2.61 bits per heavy atom. The minimum Gasteiger partial charge on any atom is -0.463 e. The number of fused-ring (bicyclic) bond motifs is 1. The first-order valence-electron chi connectivity index (χ1n) is 11.3. The smallest absolute Gasteiger partial charge is 0.320 e. The highest BCUT2D eigenvalue weighted by molar-refractivity contribution is 5.91. The van der Waals surface area contributed by atoms with Gasteiger partial charge in [0.25, 0.3) is 0 Å². The van der Waals surface area contributed by atoms with Gasteiger partial charge in [0.1, 0.15) is 11.6 Å². The van der Waals surface area contributed by atoms with Gasteiger partial charge in [-0.3, -0.25) is 9.69 Å². The normalized spacial score (nSPS) is 16.7. The monoisotopic (exact) mass is 423 g/mol. The van der Waals surface area contributed by atoms with E-state index < -0.39 is 0 Å². The van der Waals surface area contributed by atoms with Crippen LogP contribution in [0.25, 0.3) is 0 Å². The van der Waals surface area contributed by atoms with Gasteiger partial charge in [-0.25, -0.2) is 0 Å². The maximum atomic E-state index is 12.4. The number of carbonyl (C=O) groups excluding carboxylic acids is 1. The number of nitrogens with zero attached hydrogens (tertiary/aromatic N) is 4. The summed E-state index contributed by atoms with van der Waals surface area (Å²) in [5, 5.41) is 0. The van der Waals surface area contributed by atoms with Crippen molar-refractivity contribution in [2.75, 3.05) is 36.9 Å². The molecule has 2 aromatic rings. The Bertz CT molecular complexity index is 924. The second kappa shape index (κ2) is 9.64. The van der Waals surface area contributed by atoms with E-state index in [2.05, 4.69) is 53.0 Å². The number of benzene rings is 1. The van der Waals surface area contributed by atoms with Crippen LogP contribution in [0, 0.1) is 5.92 Å². The molecule has 31 heavy (non-hydrogen) atoms. The lowest BCUT2D eigenvalue weighted by Gasteiger charge is -2.30. The van der Waals surface area contributed by atoms with Crippen LogP contribution in [0.15, 0.2) is 24.3 Å². The van der Waals surface area contributed by atoms with E-state index in [1.807, 2.05) is 4.90 Å². The fourth-order valence-corrected chi connectivity index (χ4v) is 4.27. The molecular formula is C24H33N5O2. The number of aromatic nitrogens is 2. The van der Waals surface area contributed by atoms with Crippen molar-refractivity contribution in [2.45, 2.75) is 52.6 Å². The number of rotatable bonds is 8. The van der Waals surface area contributed by atoms with Crippen LogP contribution < -0.4 is 15.4 Å². The highest BCUT2D eigenvalue weighted by atomic mass is 16.5. The summed E-state index contributed by atoms with van der Waals surface area (Å²) in [6.45, 7) is 9.11. The number of hydrogen-bond donors (Lipinski definition) is 1. The third-order valence-corrected chi connectivity index (χ3v) is 5.93. The fourth-order valence-electron chi connectivity index (χ4n) is 4.27. The molecule has 0 bridgehead atoms. The van der Waals surface area contributed by atoms with Gasteiger partial charge in [0, 0.05) is 25.1 Å². The molecule has 1 saturated heterocycles. The standard InChI is InChI=1S/C24H33N5O2/c1-17(2)8-11-31-24-26-22(25)21-13-20(30)16-29(23(21)27-24)15-19-7-5-6-18(12-19)14-28-9-3-4-10-28/h5-7,12,17H,3-4,8-11,13-16H2,1-2H3,(H2,25,26,27). The van der Waals surface area contributed by atoms with E-state index in [0.29, 0.717) is 43.0 Å². The molecule has 1 aromatic heterocycles. The van der Waals surface area contributed by atoms with E-state index >= 15 is 0 Å². The molecule has 3 heterocycles. The fraction of sp³-hybridized carbons (Fsp3) is 0.542. The summed E-state index contributed by atoms with van der Waals surface area (Å²) in [6.07, 6.45) is 3.77. The average molecular weight is 424 g/mol. The van der Waals surface area contributed by atoms with Gasteiger partial charge in [-0.2, -0.15) is 9.97 Å². The number of ether oxygens (including phenoxy) is 1. The molecule has 7 heteroatoms. The van der Waals surface area contributed by atoms with Gasteiger partial charge < -0.3 is 15.4 Å². The first-order valence-corrected chi connectivity index (χ1v) is 11.3. The summed E-state index contributed by atoms with van der Waals surface area (Å²) in [4.78, 5) is 25.8. The average Bonchev–Trinajstić information content (AvgIpc) is 3.22. The van der Waals surface area contributed by atoms with Crippen LogP contribution in [0.2, 0.25) is 0 Å². The Kier molecular flexibility index (Phi) is 6.70. The Hall–Kier alpha value is -2.67. The van der Waals surface area contributed by atoms with Crippen molar-refractivity contribution >= 4 is 17.4 Å². The van der Waals surface area contributed by atoms with Crippen molar-refractivity contribution in [3.8, 4) is 6.01 Å². The maximum absolute atomic E-state index is 12.4. The lowest BCUT2D eigenvalue weighted by molar-refractivity contribution is -0.117. The Labute approximate surface area is 184 Å². The minimum absolute atomic E-state index is 0.129. The molecule has 2 aliphatic rings. The van der Waals surface area contributed by atoms with Crippen molar-refractivity contribution < 1.29 is 9.53 Å². The molecule has 0 spiro atoms. The summed E-state index contributed by atoms with van der Waals surface area (Å²) in [6, 6.07) is 8.91. The SMILES string of the molecule is CC(C)CCOc1nc(N)c2c(n1)N(Cc1cccc(CN3CCCC3)c1)CC(=O)C2. The summed E-state index contributed by atoms with van der Waals surface area (Å²) in [5.41, 5.74) is 9.37. The maximum Gasteiger partial charge on any atom is 0.320 e. The van der Waals surface area contributed by atoms with Crippen LogP contribution in [0.3, 0.4) is 0 Å². The van der Waals surface area contributed by atoms with Gasteiger partial charge in [-0.1, -0.05) is 38.1 Å². The topological polar surface area (TPSA) is 84.6 Å². The van der Waals surface area contributed by atoms with Gasteiger partial charge in [-0.15, -0.1) is 0 Å². The van der Waals surface area contributed by atoms with E-state index in [4.69, 9.17) is 10.5 Å². The predicted octanol–water partition coefficient (Wildman–Crippen LogP) is 3.21. The Morgan fingerprint density at radius 2 is 1.87 bits per heavy atom. The number of anilines is 2. The summed E-state index contributed by atoms with van der Waals surface area (Å²) < 4.78 is 5.76. The number of ketones is 1. The molecule has 0 unspecified atom stereocenters. The molecule has 4 rings (SSSR count). The lowest BCUT2D eigenvalue weighted by Crippen LogP contribution is -2.36. The number of carbonyl (C=O) groups is 1. The van der Waals surface area contributed by atoms with E-state index in [1.165, 1.54) is 31.5 Å². The van der Waals surface area contributed by atoms with Crippen LogP contribution in [-0.2, 0) is 24.3 Å². The van der Waals surface area contributed by atoms with Crippen molar-refractivity contribution in [1.82, 2.24) is 14.9 Å². The quantitative estimate of drug-likeness (QED) is 0.698. The van der Waals surface area contributed by atoms with Crippen LogP contribution in [0.4, 0.5) is 11.6 Å². The van der Waals surface area contributed by atoms with Crippen molar-refractivity contribution in [3.05, 3.63) is 41.0 Å². The van der Waals surface area contributed by atoms with Crippen LogP contribution in [-0.4, -0.2) is 46.9 Å². The third kappa shape index (κ3) is 5.53. The highest BCUT2D eigenvalue weighted by Gasteiger charge is 2.28. The van der Waals surface area contributed by atoms with Crippen LogP contribution >= 0.6 is 0 Å². The third-order valence-electron chi connectivity index (χ3n) is 5.93. The molecule has 0 atom stereocenters. The van der Waals surface area contributed by atoms with E-state index in [-0.39, 0.29) is 12.2 Å². The van der Waals surface area contributed by atoms with E-state index in [9.17, 15) is 4.79 Å². The second-order valence-corrected chi connectivity index (χ2v) is 9.10. The number of likely N-dealkylation sites (tertiary alicyclic amines) is 1. The molecule has 2 aliphatic heterocycles.